The van der Waals surface area contributed by atoms with Crippen molar-refractivity contribution >= 4 is 42.8 Å². The van der Waals surface area contributed by atoms with Crippen LogP contribution >= 0.6 is 15.9 Å². The molecule has 6 nitrogen and oxygen atoms in total. The van der Waals surface area contributed by atoms with Crippen molar-refractivity contribution in [2.24, 2.45) is 5.92 Å². The summed E-state index contributed by atoms with van der Waals surface area (Å²) in [5.41, 5.74) is 2.69. The van der Waals surface area contributed by atoms with Crippen LogP contribution < -0.4 is 0 Å². The number of ketones is 1. The minimum atomic E-state index is -3.80. The van der Waals surface area contributed by atoms with Gasteiger partial charge in [0, 0.05) is 52.4 Å². The molecule has 0 saturated carbocycles. The lowest BCUT2D eigenvalue weighted by atomic mass is 9.90. The molecule has 0 bridgehead atoms. The van der Waals surface area contributed by atoms with Gasteiger partial charge in [-0.2, -0.15) is 0 Å². The summed E-state index contributed by atoms with van der Waals surface area (Å²) in [5.74, 6) is 0.205. The fourth-order valence-corrected chi connectivity index (χ4v) is 7.06. The Morgan fingerprint density at radius 3 is 2.58 bits per heavy atom. The molecule has 8 heteroatoms. The summed E-state index contributed by atoms with van der Waals surface area (Å²) >= 11 is 3.42. The number of allylic oxidation sites excluding steroid dienone is 3. The van der Waals surface area contributed by atoms with Gasteiger partial charge in [0.1, 0.15) is 4.75 Å². The third-order valence-corrected chi connectivity index (χ3v) is 9.29. The maximum atomic E-state index is 13.8. The first-order valence-corrected chi connectivity index (χ1v) is 13.0. The van der Waals surface area contributed by atoms with Crippen LogP contribution in [-0.4, -0.2) is 52.9 Å². The summed E-state index contributed by atoms with van der Waals surface area (Å²) in [4.78, 5) is 19.2. The van der Waals surface area contributed by atoms with Crippen LogP contribution in [0.4, 0.5) is 0 Å². The molecule has 0 spiro atoms. The Labute approximate surface area is 201 Å². The lowest BCUT2D eigenvalue weighted by Crippen LogP contribution is -2.47. The van der Waals surface area contributed by atoms with Gasteiger partial charge in [0.2, 0.25) is 10.0 Å². The molecule has 1 atom stereocenters. The van der Waals surface area contributed by atoms with Crippen molar-refractivity contribution in [2.75, 3.05) is 20.1 Å². The van der Waals surface area contributed by atoms with Gasteiger partial charge in [-0.25, -0.2) is 17.4 Å². The van der Waals surface area contributed by atoms with Gasteiger partial charge in [-0.3, -0.25) is 4.79 Å². The monoisotopic (exact) mass is 525 g/mol. The minimum Gasteiger partial charge on any atom is -0.305 e. The third kappa shape index (κ3) is 3.70. The number of aromatic nitrogens is 2. The van der Waals surface area contributed by atoms with Gasteiger partial charge in [-0.1, -0.05) is 52.3 Å². The summed E-state index contributed by atoms with van der Waals surface area (Å²) in [5, 5.41) is 0.749. The predicted octanol–water partition coefficient (Wildman–Crippen LogP) is 4.62. The van der Waals surface area contributed by atoms with Crippen LogP contribution in [0.5, 0.6) is 0 Å². The van der Waals surface area contributed by atoms with Gasteiger partial charge in [-0.15, -0.1) is 0 Å². The van der Waals surface area contributed by atoms with E-state index in [0.29, 0.717) is 17.6 Å². The van der Waals surface area contributed by atoms with Gasteiger partial charge in [0.15, 0.2) is 11.4 Å². The van der Waals surface area contributed by atoms with E-state index in [1.807, 2.05) is 49.5 Å². The number of pyridine rings is 1. The number of halogens is 1. The van der Waals surface area contributed by atoms with Crippen molar-refractivity contribution in [3.05, 3.63) is 77.1 Å². The molecule has 2 aliphatic rings. The molecule has 3 aromatic rings. The molecule has 3 heterocycles. The molecule has 5 rings (SSSR count). The van der Waals surface area contributed by atoms with E-state index < -0.39 is 14.8 Å². The van der Waals surface area contributed by atoms with Crippen molar-refractivity contribution in [1.29, 1.82) is 0 Å². The summed E-state index contributed by atoms with van der Waals surface area (Å²) in [6, 6.07) is 11.1. The van der Waals surface area contributed by atoms with Crippen LogP contribution in [0.2, 0.25) is 0 Å². The molecule has 1 saturated heterocycles. The van der Waals surface area contributed by atoms with E-state index in [4.69, 9.17) is 0 Å². The highest BCUT2D eigenvalue weighted by Crippen LogP contribution is 2.37. The van der Waals surface area contributed by atoms with E-state index in [1.165, 1.54) is 3.97 Å². The number of hydrogen-bond donors (Lipinski definition) is 0. The zero-order valence-corrected chi connectivity index (χ0v) is 20.8. The molecule has 170 valence electrons. The molecule has 0 radical (unpaired) electrons. The number of hydrogen-bond acceptors (Lipinski definition) is 5. The largest absolute Gasteiger partial charge is 0.305 e. The SMILES string of the molecule is CN1CC(C(=O)c2ccc(-c3cn(S(=O)(=O)C4(C)C=C(Br)C=CC4)c4ncccc34)cc2)C1. The molecule has 1 aliphatic heterocycles. The maximum Gasteiger partial charge on any atom is 0.249 e. The Morgan fingerprint density at radius 1 is 1.18 bits per heavy atom. The number of Topliss-reactive ketones (excluding diaryl/α,β-unsaturated/α-hetero) is 1. The topological polar surface area (TPSA) is 72.3 Å². The standard InChI is InChI=1S/C25H24BrN3O3S/c1-25(11-3-5-20(26)13-25)33(31,32)29-16-22(21-6-4-12-27-24(21)29)17-7-9-18(10-8-17)23(30)19-14-28(2)15-19/h3-10,12-13,16,19H,11,14-15H2,1-2H3. The first kappa shape index (κ1) is 22.3. The molecule has 1 fully saturated rings. The van der Waals surface area contributed by atoms with Crippen LogP contribution in [-0.2, 0) is 10.0 Å². The van der Waals surface area contributed by atoms with Crippen molar-refractivity contribution in [1.82, 2.24) is 13.9 Å². The number of benzene rings is 1. The highest BCUT2D eigenvalue weighted by Gasteiger charge is 2.40. The Balaban J connectivity index is 1.56. The summed E-state index contributed by atoms with van der Waals surface area (Å²) < 4.78 is 28.5. The van der Waals surface area contributed by atoms with E-state index in [-0.39, 0.29) is 11.7 Å². The Kier molecular flexibility index (Phi) is 5.42. The van der Waals surface area contributed by atoms with Crippen molar-refractivity contribution in [3.8, 4) is 11.1 Å². The summed E-state index contributed by atoms with van der Waals surface area (Å²) in [7, 11) is -1.80. The van der Waals surface area contributed by atoms with Crippen molar-refractivity contribution < 1.29 is 13.2 Å². The average molecular weight is 526 g/mol. The van der Waals surface area contributed by atoms with Crippen LogP contribution in [0, 0.1) is 5.92 Å². The Bertz CT molecular complexity index is 1420. The second-order valence-corrected chi connectivity index (χ2v) is 12.2. The van der Waals surface area contributed by atoms with Crippen LogP contribution in [0.3, 0.4) is 0 Å². The maximum absolute atomic E-state index is 13.8. The van der Waals surface area contributed by atoms with Crippen molar-refractivity contribution in [2.45, 2.75) is 18.1 Å². The fraction of sp³-hybridized carbons (Fsp3) is 0.280. The van der Waals surface area contributed by atoms with Gasteiger partial charge in [0.25, 0.3) is 0 Å². The highest BCUT2D eigenvalue weighted by molar-refractivity contribution is 9.11. The number of carbonyl (C=O) groups excluding carboxylic acids is 1. The lowest BCUT2D eigenvalue weighted by molar-refractivity contribution is 0.0702. The molecule has 33 heavy (non-hydrogen) atoms. The molecule has 1 aliphatic carbocycles. The normalized spacial score (nSPS) is 21.7. The molecule has 2 aromatic heterocycles. The third-order valence-electron chi connectivity index (χ3n) is 6.54. The van der Waals surface area contributed by atoms with Crippen molar-refractivity contribution in [3.63, 3.8) is 0 Å². The fourth-order valence-electron chi connectivity index (χ4n) is 4.57. The van der Waals surface area contributed by atoms with Gasteiger partial charge in [0.05, 0.1) is 0 Å². The zero-order chi connectivity index (χ0) is 23.4. The second-order valence-electron chi connectivity index (χ2n) is 9.03. The van der Waals surface area contributed by atoms with E-state index in [9.17, 15) is 13.2 Å². The summed E-state index contributed by atoms with van der Waals surface area (Å²) in [6.07, 6.45) is 9.07. The number of carbonyl (C=O) groups is 1. The molecule has 1 aromatic carbocycles. The molecule has 1 unspecified atom stereocenters. The number of rotatable bonds is 5. The average Bonchev–Trinajstić information content (AvgIpc) is 3.17. The van der Waals surface area contributed by atoms with Crippen LogP contribution in [0.15, 0.2) is 71.5 Å². The van der Waals surface area contributed by atoms with E-state index in [0.717, 1.165) is 34.1 Å². The highest BCUT2D eigenvalue weighted by atomic mass is 79.9. The van der Waals surface area contributed by atoms with E-state index in [2.05, 4.69) is 25.8 Å². The van der Waals surface area contributed by atoms with Gasteiger partial charge >= 0.3 is 0 Å². The smallest absolute Gasteiger partial charge is 0.249 e. The van der Waals surface area contributed by atoms with Gasteiger partial charge in [-0.05, 0) is 44.2 Å². The van der Waals surface area contributed by atoms with Crippen LogP contribution in [0.1, 0.15) is 23.7 Å². The Morgan fingerprint density at radius 2 is 1.91 bits per heavy atom. The molecular formula is C25H24BrN3O3S. The first-order valence-electron chi connectivity index (χ1n) is 10.8. The van der Waals surface area contributed by atoms with Crippen LogP contribution in [0.25, 0.3) is 22.2 Å². The summed E-state index contributed by atoms with van der Waals surface area (Å²) in [6.45, 7) is 3.30. The molecule has 0 N–H and O–H groups in total. The first-order chi connectivity index (χ1) is 15.7. The van der Waals surface area contributed by atoms with E-state index >= 15 is 0 Å². The van der Waals surface area contributed by atoms with E-state index in [1.54, 1.807) is 31.5 Å². The molecule has 0 amide bonds. The lowest BCUT2D eigenvalue weighted by Gasteiger charge is -2.34. The predicted molar refractivity (Wildman–Crippen MR) is 134 cm³/mol. The molecular weight excluding hydrogens is 502 g/mol. The zero-order valence-electron chi connectivity index (χ0n) is 18.4. The number of likely N-dealkylation sites (tertiary alicyclic amines) is 1. The Hall–Kier alpha value is -2.55. The van der Waals surface area contributed by atoms with Gasteiger partial charge < -0.3 is 4.90 Å². The second kappa shape index (κ2) is 8.04. The number of nitrogens with zero attached hydrogens (tertiary/aromatic N) is 3. The number of fused-ring (bicyclic) bond motifs is 1. The quantitative estimate of drug-likeness (QED) is 0.454. The minimum absolute atomic E-state index is 0.0507.